The molecule has 1 aliphatic rings. The molecule has 0 unspecified atom stereocenters. The first-order chi connectivity index (χ1) is 13.1. The van der Waals surface area contributed by atoms with E-state index < -0.39 is 0 Å². The van der Waals surface area contributed by atoms with Crippen molar-refractivity contribution in [2.75, 3.05) is 7.11 Å². The van der Waals surface area contributed by atoms with Crippen molar-refractivity contribution in [1.82, 2.24) is 9.97 Å². The van der Waals surface area contributed by atoms with Gasteiger partial charge in [-0.3, -0.25) is 4.79 Å². The maximum absolute atomic E-state index is 12.7. The lowest BCUT2D eigenvalue weighted by molar-refractivity contribution is 0.411. The van der Waals surface area contributed by atoms with Gasteiger partial charge in [-0.15, -0.1) is 11.3 Å². The van der Waals surface area contributed by atoms with Gasteiger partial charge in [0.05, 0.1) is 18.1 Å². The second-order valence-corrected chi connectivity index (χ2v) is 7.79. The summed E-state index contributed by atoms with van der Waals surface area (Å²) < 4.78 is 5.28. The van der Waals surface area contributed by atoms with Crippen molar-refractivity contribution < 1.29 is 4.74 Å². The van der Waals surface area contributed by atoms with E-state index in [1.54, 1.807) is 24.5 Å². The first kappa shape index (κ1) is 17.5. The van der Waals surface area contributed by atoms with E-state index in [0.29, 0.717) is 16.8 Å². The molecule has 1 aliphatic carbocycles. The van der Waals surface area contributed by atoms with Crippen LogP contribution in [0.3, 0.4) is 0 Å². The average molecular weight is 377 g/mol. The summed E-state index contributed by atoms with van der Waals surface area (Å²) >= 11 is 1.59. The molecule has 2 heterocycles. The Labute approximate surface area is 161 Å². The van der Waals surface area contributed by atoms with Crippen molar-refractivity contribution in [3.05, 3.63) is 55.9 Å². The lowest BCUT2D eigenvalue weighted by atomic mass is 9.97. The number of thiophene rings is 1. The molecule has 0 amide bonds. The highest BCUT2D eigenvalue weighted by atomic mass is 32.1. The minimum Gasteiger partial charge on any atom is -0.496 e. The van der Waals surface area contributed by atoms with Gasteiger partial charge in [-0.2, -0.15) is 5.26 Å². The molecule has 6 heteroatoms. The Morgan fingerprint density at radius 2 is 2.19 bits per heavy atom. The molecule has 0 bridgehead atoms. The SMILES string of the molecule is COc1ccc(/C=C(\C#N)c2nc3sc4c(c3c(=O)[nH]2)CCCC4)cc1C. The third-order valence-electron chi connectivity index (χ3n) is 4.93. The molecule has 0 saturated heterocycles. The number of aromatic amines is 1. The molecule has 2 aromatic heterocycles. The summed E-state index contributed by atoms with van der Waals surface area (Å²) in [5, 5.41) is 10.3. The Kier molecular flexibility index (Phi) is 4.54. The zero-order valence-electron chi connectivity index (χ0n) is 15.3. The summed E-state index contributed by atoms with van der Waals surface area (Å²) in [4.78, 5) is 22.1. The number of fused-ring (bicyclic) bond motifs is 3. The van der Waals surface area contributed by atoms with E-state index >= 15 is 0 Å². The van der Waals surface area contributed by atoms with Gasteiger partial charge in [0.25, 0.3) is 5.56 Å². The first-order valence-corrected chi connectivity index (χ1v) is 9.73. The zero-order valence-corrected chi connectivity index (χ0v) is 16.1. The highest BCUT2D eigenvalue weighted by Crippen LogP contribution is 2.34. The van der Waals surface area contributed by atoms with Gasteiger partial charge >= 0.3 is 0 Å². The largest absolute Gasteiger partial charge is 0.496 e. The van der Waals surface area contributed by atoms with E-state index in [-0.39, 0.29) is 5.56 Å². The minimum atomic E-state index is -0.151. The molecule has 136 valence electrons. The van der Waals surface area contributed by atoms with Crippen LogP contribution in [0.4, 0.5) is 0 Å². The molecule has 0 atom stereocenters. The predicted octanol–water partition coefficient (Wildman–Crippen LogP) is 4.24. The minimum absolute atomic E-state index is 0.151. The molecular weight excluding hydrogens is 358 g/mol. The molecule has 0 fully saturated rings. The van der Waals surface area contributed by atoms with E-state index in [0.717, 1.165) is 53.0 Å². The zero-order chi connectivity index (χ0) is 19.0. The van der Waals surface area contributed by atoms with Crippen LogP contribution in [0, 0.1) is 18.3 Å². The molecule has 4 rings (SSSR count). The topological polar surface area (TPSA) is 78.8 Å². The summed E-state index contributed by atoms with van der Waals surface area (Å²) in [5.74, 6) is 1.12. The van der Waals surface area contributed by atoms with E-state index in [4.69, 9.17) is 4.74 Å². The number of aryl methyl sites for hydroxylation is 3. The average Bonchev–Trinajstić information content (AvgIpc) is 3.05. The first-order valence-electron chi connectivity index (χ1n) is 8.92. The number of rotatable bonds is 3. The van der Waals surface area contributed by atoms with Crippen molar-refractivity contribution >= 4 is 33.2 Å². The second-order valence-electron chi connectivity index (χ2n) is 6.70. The molecule has 0 spiro atoms. The van der Waals surface area contributed by atoms with Gasteiger partial charge in [-0.1, -0.05) is 6.07 Å². The van der Waals surface area contributed by atoms with Crippen LogP contribution in [-0.2, 0) is 12.8 Å². The summed E-state index contributed by atoms with van der Waals surface area (Å²) in [6.45, 7) is 1.95. The van der Waals surface area contributed by atoms with Crippen molar-refractivity contribution in [3.8, 4) is 11.8 Å². The number of benzene rings is 1. The summed E-state index contributed by atoms with van der Waals surface area (Å²) in [7, 11) is 1.63. The molecule has 3 aromatic rings. The van der Waals surface area contributed by atoms with Crippen LogP contribution in [0.2, 0.25) is 0 Å². The Bertz CT molecular complexity index is 1160. The highest BCUT2D eigenvalue weighted by molar-refractivity contribution is 7.18. The molecule has 5 nitrogen and oxygen atoms in total. The molecular formula is C21H19N3O2S. The molecule has 1 N–H and O–H groups in total. The van der Waals surface area contributed by atoms with Gasteiger partial charge in [-0.05, 0) is 67.5 Å². The van der Waals surface area contributed by atoms with E-state index in [1.165, 1.54) is 4.88 Å². The van der Waals surface area contributed by atoms with Crippen LogP contribution in [0.25, 0.3) is 21.9 Å². The van der Waals surface area contributed by atoms with Gasteiger partial charge < -0.3 is 9.72 Å². The number of ether oxygens (including phenoxy) is 1. The summed E-state index contributed by atoms with van der Waals surface area (Å²) in [6.07, 6.45) is 5.96. The fraction of sp³-hybridized carbons (Fsp3) is 0.286. The summed E-state index contributed by atoms with van der Waals surface area (Å²) in [5.41, 5.74) is 3.17. The van der Waals surface area contributed by atoms with Crippen LogP contribution in [0.1, 0.15) is 40.2 Å². The maximum Gasteiger partial charge on any atom is 0.260 e. The van der Waals surface area contributed by atoms with Gasteiger partial charge in [0.2, 0.25) is 0 Å². The van der Waals surface area contributed by atoms with Crippen molar-refractivity contribution in [2.45, 2.75) is 32.6 Å². The Morgan fingerprint density at radius 1 is 1.37 bits per heavy atom. The second kappa shape index (κ2) is 7.01. The number of nitrogens with zero attached hydrogens (tertiary/aromatic N) is 2. The van der Waals surface area contributed by atoms with E-state index in [1.807, 2.05) is 25.1 Å². The van der Waals surface area contributed by atoms with Crippen LogP contribution >= 0.6 is 11.3 Å². The van der Waals surface area contributed by atoms with Crippen molar-refractivity contribution in [2.24, 2.45) is 0 Å². The van der Waals surface area contributed by atoms with Crippen molar-refractivity contribution in [1.29, 1.82) is 5.26 Å². The molecule has 27 heavy (non-hydrogen) atoms. The monoisotopic (exact) mass is 377 g/mol. The Balaban J connectivity index is 1.81. The standard InChI is InChI=1S/C21H19N3O2S/c1-12-9-13(7-8-16(12)26-2)10-14(11-22)19-23-20(25)18-15-5-3-4-6-17(15)27-21(18)24-19/h7-10H,3-6H2,1-2H3,(H,23,24,25)/b14-10+. The van der Waals surface area contributed by atoms with E-state index in [9.17, 15) is 10.1 Å². The van der Waals surface area contributed by atoms with Gasteiger partial charge in [0.15, 0.2) is 5.82 Å². The third kappa shape index (κ3) is 3.15. The van der Waals surface area contributed by atoms with Gasteiger partial charge in [-0.25, -0.2) is 4.98 Å². The van der Waals surface area contributed by atoms with Gasteiger partial charge in [0, 0.05) is 4.88 Å². The number of nitrogens with one attached hydrogen (secondary N) is 1. The quantitative estimate of drug-likeness (QED) is 0.692. The highest BCUT2D eigenvalue weighted by Gasteiger charge is 2.20. The van der Waals surface area contributed by atoms with Gasteiger partial charge in [0.1, 0.15) is 16.6 Å². The Morgan fingerprint density at radius 3 is 2.93 bits per heavy atom. The lowest BCUT2D eigenvalue weighted by Gasteiger charge is -2.09. The van der Waals surface area contributed by atoms with Crippen LogP contribution in [0.5, 0.6) is 5.75 Å². The fourth-order valence-electron chi connectivity index (χ4n) is 3.60. The number of hydrogen-bond acceptors (Lipinski definition) is 5. The number of methoxy groups -OCH3 is 1. The number of allylic oxidation sites excluding steroid dienone is 1. The number of H-pyrrole nitrogens is 1. The fourth-order valence-corrected chi connectivity index (χ4v) is 4.87. The number of nitriles is 1. The van der Waals surface area contributed by atoms with E-state index in [2.05, 4.69) is 16.0 Å². The third-order valence-corrected chi connectivity index (χ3v) is 6.12. The predicted molar refractivity (Wildman–Crippen MR) is 108 cm³/mol. The van der Waals surface area contributed by atoms with Crippen molar-refractivity contribution in [3.63, 3.8) is 0 Å². The van der Waals surface area contributed by atoms with Crippen LogP contribution in [0.15, 0.2) is 23.0 Å². The molecule has 0 radical (unpaired) electrons. The van der Waals surface area contributed by atoms with Crippen LogP contribution < -0.4 is 10.3 Å². The molecule has 1 aromatic carbocycles. The molecule has 0 saturated carbocycles. The Hall–Kier alpha value is -2.91. The summed E-state index contributed by atoms with van der Waals surface area (Å²) in [6, 6.07) is 7.85. The number of hydrogen-bond donors (Lipinski definition) is 1. The smallest absolute Gasteiger partial charge is 0.260 e. The lowest BCUT2D eigenvalue weighted by Crippen LogP contribution is -2.12. The maximum atomic E-state index is 12.7. The molecule has 0 aliphatic heterocycles. The van der Waals surface area contributed by atoms with Crippen LogP contribution in [-0.4, -0.2) is 17.1 Å². The number of aromatic nitrogens is 2. The normalized spacial score (nSPS) is 14.0.